The number of hydrogen-bond acceptors (Lipinski definition) is 4. The number of phenols is 1. The summed E-state index contributed by atoms with van der Waals surface area (Å²) in [7, 11) is 1.59. The number of ether oxygens (including phenoxy) is 1. The average Bonchev–Trinajstić information content (AvgIpc) is 2.72. The summed E-state index contributed by atoms with van der Waals surface area (Å²) in [6, 6.07) is 17.2. The van der Waals surface area contributed by atoms with Crippen LogP contribution in [0.25, 0.3) is 27.9 Å². The third-order valence-corrected chi connectivity index (χ3v) is 4.63. The van der Waals surface area contributed by atoms with Gasteiger partial charge in [-0.05, 0) is 42.0 Å². The standard InChI is InChI=1S/C23H17NO4/c1-28-15-9-6-14(7-10-15)8-11-21(25)18-12-17-20(13-22(18)26)24-19-5-3-2-4-16(19)23(17)27/h2-13,26H,1H3,(H,24,27)/b11-8+. The lowest BCUT2D eigenvalue weighted by atomic mass is 10.0. The molecule has 0 saturated heterocycles. The Hall–Kier alpha value is -3.86. The number of phenolic OH excluding ortho intramolecular Hbond substituents is 1. The lowest BCUT2D eigenvalue weighted by Gasteiger charge is -2.06. The van der Waals surface area contributed by atoms with Gasteiger partial charge < -0.3 is 14.8 Å². The van der Waals surface area contributed by atoms with E-state index >= 15 is 0 Å². The Morgan fingerprint density at radius 2 is 1.75 bits per heavy atom. The van der Waals surface area contributed by atoms with E-state index in [9.17, 15) is 14.7 Å². The molecule has 0 radical (unpaired) electrons. The van der Waals surface area contributed by atoms with Gasteiger partial charge in [-0.2, -0.15) is 0 Å². The Bertz CT molecular complexity index is 1280. The van der Waals surface area contributed by atoms with Gasteiger partial charge in [0.15, 0.2) is 11.2 Å². The van der Waals surface area contributed by atoms with Gasteiger partial charge in [0.25, 0.3) is 0 Å². The lowest BCUT2D eigenvalue weighted by molar-refractivity contribution is 0.104. The molecule has 0 fully saturated rings. The monoisotopic (exact) mass is 371 g/mol. The summed E-state index contributed by atoms with van der Waals surface area (Å²) < 4.78 is 5.11. The number of para-hydroxylation sites is 1. The van der Waals surface area contributed by atoms with Crippen molar-refractivity contribution in [1.29, 1.82) is 0 Å². The smallest absolute Gasteiger partial charge is 0.197 e. The Balaban J connectivity index is 1.74. The van der Waals surface area contributed by atoms with Crippen molar-refractivity contribution in [3.8, 4) is 11.5 Å². The number of hydrogen-bond donors (Lipinski definition) is 2. The summed E-state index contributed by atoms with van der Waals surface area (Å²) in [4.78, 5) is 28.5. The van der Waals surface area contributed by atoms with Crippen LogP contribution < -0.4 is 10.2 Å². The van der Waals surface area contributed by atoms with Crippen LogP contribution in [0.4, 0.5) is 0 Å². The molecular weight excluding hydrogens is 354 g/mol. The zero-order valence-corrected chi connectivity index (χ0v) is 15.1. The molecule has 0 unspecified atom stereocenters. The van der Waals surface area contributed by atoms with Crippen molar-refractivity contribution in [2.75, 3.05) is 7.11 Å². The molecule has 28 heavy (non-hydrogen) atoms. The molecule has 5 heteroatoms. The van der Waals surface area contributed by atoms with Crippen molar-refractivity contribution >= 4 is 33.7 Å². The number of pyridine rings is 1. The second-order valence-electron chi connectivity index (χ2n) is 6.39. The number of aromatic hydroxyl groups is 1. The van der Waals surface area contributed by atoms with Gasteiger partial charge in [0.2, 0.25) is 0 Å². The predicted octanol–water partition coefficient (Wildman–Crippen LogP) is 4.29. The largest absolute Gasteiger partial charge is 0.507 e. The molecule has 1 heterocycles. The summed E-state index contributed by atoms with van der Waals surface area (Å²) in [5, 5.41) is 11.2. The SMILES string of the molecule is COc1ccc(/C=C/C(=O)c2cc3c(=O)c4ccccc4[nH]c3cc2O)cc1. The zero-order valence-electron chi connectivity index (χ0n) is 15.1. The van der Waals surface area contributed by atoms with E-state index in [2.05, 4.69) is 4.98 Å². The molecule has 4 rings (SSSR count). The Morgan fingerprint density at radius 3 is 2.50 bits per heavy atom. The molecule has 4 aromatic rings. The van der Waals surface area contributed by atoms with Crippen molar-refractivity contribution in [2.45, 2.75) is 0 Å². The molecule has 0 saturated carbocycles. The Labute approximate surface area is 160 Å². The number of methoxy groups -OCH3 is 1. The van der Waals surface area contributed by atoms with Crippen LogP contribution in [0.1, 0.15) is 15.9 Å². The second kappa shape index (κ2) is 7.04. The molecule has 0 amide bonds. The number of rotatable bonds is 4. The average molecular weight is 371 g/mol. The maximum absolute atomic E-state index is 12.8. The van der Waals surface area contributed by atoms with Crippen molar-refractivity contribution in [3.63, 3.8) is 0 Å². The second-order valence-corrected chi connectivity index (χ2v) is 6.39. The van der Waals surface area contributed by atoms with Gasteiger partial charge in [-0.1, -0.05) is 30.3 Å². The molecule has 138 valence electrons. The van der Waals surface area contributed by atoms with Crippen molar-refractivity contribution < 1.29 is 14.6 Å². The zero-order chi connectivity index (χ0) is 19.7. The molecule has 0 spiro atoms. The van der Waals surface area contributed by atoms with E-state index in [0.717, 1.165) is 11.3 Å². The molecular formula is C23H17NO4. The molecule has 2 N–H and O–H groups in total. The van der Waals surface area contributed by atoms with Crippen molar-refractivity contribution in [2.24, 2.45) is 0 Å². The Kier molecular flexibility index (Phi) is 4.41. The number of carbonyl (C=O) groups excluding carboxylic acids is 1. The molecule has 0 atom stereocenters. The maximum atomic E-state index is 12.8. The van der Waals surface area contributed by atoms with Crippen LogP contribution in [0.2, 0.25) is 0 Å². The number of fused-ring (bicyclic) bond motifs is 2. The highest BCUT2D eigenvalue weighted by atomic mass is 16.5. The fraction of sp³-hybridized carbons (Fsp3) is 0.0435. The van der Waals surface area contributed by atoms with E-state index in [4.69, 9.17) is 4.74 Å². The normalized spacial score (nSPS) is 11.3. The van der Waals surface area contributed by atoms with Gasteiger partial charge in [-0.3, -0.25) is 9.59 Å². The van der Waals surface area contributed by atoms with Crippen molar-refractivity contribution in [1.82, 2.24) is 4.98 Å². The molecule has 3 aromatic carbocycles. The molecule has 1 aromatic heterocycles. The molecule has 5 nitrogen and oxygen atoms in total. The van der Waals surface area contributed by atoms with Gasteiger partial charge in [0.1, 0.15) is 11.5 Å². The summed E-state index contributed by atoms with van der Waals surface area (Å²) in [6.07, 6.45) is 3.02. The summed E-state index contributed by atoms with van der Waals surface area (Å²) in [6.45, 7) is 0. The molecule has 0 aliphatic carbocycles. The highest BCUT2D eigenvalue weighted by molar-refractivity contribution is 6.11. The van der Waals surface area contributed by atoms with E-state index in [1.807, 2.05) is 18.2 Å². The van der Waals surface area contributed by atoms with Crippen molar-refractivity contribution in [3.05, 3.63) is 88.1 Å². The fourth-order valence-electron chi connectivity index (χ4n) is 3.13. The molecule has 0 bridgehead atoms. The molecule has 0 aliphatic heterocycles. The van der Waals surface area contributed by atoms with Crippen LogP contribution in [-0.2, 0) is 0 Å². The first-order valence-corrected chi connectivity index (χ1v) is 8.71. The third kappa shape index (κ3) is 3.14. The van der Waals surface area contributed by atoms with Crippen LogP contribution in [0, 0.1) is 0 Å². The summed E-state index contributed by atoms with van der Waals surface area (Å²) in [5.41, 5.74) is 1.88. The molecule has 0 aliphatic rings. The summed E-state index contributed by atoms with van der Waals surface area (Å²) >= 11 is 0. The third-order valence-electron chi connectivity index (χ3n) is 4.63. The number of carbonyl (C=O) groups is 1. The van der Waals surface area contributed by atoms with Crippen LogP contribution >= 0.6 is 0 Å². The first-order chi connectivity index (χ1) is 13.6. The number of aromatic amines is 1. The van der Waals surface area contributed by atoms with E-state index in [-0.39, 0.29) is 22.5 Å². The topological polar surface area (TPSA) is 79.4 Å². The van der Waals surface area contributed by atoms with Crippen LogP contribution in [0.15, 0.2) is 71.5 Å². The predicted molar refractivity (Wildman–Crippen MR) is 110 cm³/mol. The number of nitrogens with one attached hydrogen (secondary N) is 1. The summed E-state index contributed by atoms with van der Waals surface area (Å²) in [5.74, 6) is 0.160. The van der Waals surface area contributed by atoms with Gasteiger partial charge in [0, 0.05) is 22.4 Å². The quantitative estimate of drug-likeness (QED) is 0.319. The van der Waals surface area contributed by atoms with Crippen LogP contribution in [0.5, 0.6) is 11.5 Å². The first-order valence-electron chi connectivity index (χ1n) is 8.71. The van der Waals surface area contributed by atoms with E-state index in [1.165, 1.54) is 18.2 Å². The number of aromatic nitrogens is 1. The van der Waals surface area contributed by atoms with E-state index in [0.29, 0.717) is 21.8 Å². The minimum atomic E-state index is -0.386. The van der Waals surface area contributed by atoms with Gasteiger partial charge in [-0.15, -0.1) is 0 Å². The number of ketones is 1. The number of benzene rings is 3. The Morgan fingerprint density at radius 1 is 1.00 bits per heavy atom. The highest BCUT2D eigenvalue weighted by Crippen LogP contribution is 2.25. The highest BCUT2D eigenvalue weighted by Gasteiger charge is 2.13. The van der Waals surface area contributed by atoms with Gasteiger partial charge in [0.05, 0.1) is 18.2 Å². The van der Waals surface area contributed by atoms with Gasteiger partial charge >= 0.3 is 0 Å². The number of H-pyrrole nitrogens is 1. The maximum Gasteiger partial charge on any atom is 0.197 e. The van der Waals surface area contributed by atoms with Crippen LogP contribution in [-0.4, -0.2) is 23.0 Å². The minimum Gasteiger partial charge on any atom is -0.507 e. The van der Waals surface area contributed by atoms with E-state index < -0.39 is 0 Å². The first kappa shape index (κ1) is 17.5. The lowest BCUT2D eigenvalue weighted by Crippen LogP contribution is -2.06. The van der Waals surface area contributed by atoms with Crippen LogP contribution in [0.3, 0.4) is 0 Å². The minimum absolute atomic E-state index is 0.0815. The number of allylic oxidation sites excluding steroid dienone is 1. The van der Waals surface area contributed by atoms with Gasteiger partial charge in [-0.25, -0.2) is 0 Å². The fourth-order valence-corrected chi connectivity index (χ4v) is 3.13. The van der Waals surface area contributed by atoms with E-state index in [1.54, 1.807) is 43.5 Å².